The fraction of sp³-hybridized carbons (Fsp3) is 0.267. The van der Waals surface area contributed by atoms with Crippen molar-refractivity contribution in [2.24, 2.45) is 0 Å². The summed E-state index contributed by atoms with van der Waals surface area (Å²) in [7, 11) is 0. The molecular weight excluding hydrogens is 230 g/mol. The Morgan fingerprint density at radius 2 is 2.06 bits per heavy atom. The molecule has 2 heteroatoms. The van der Waals surface area contributed by atoms with Gasteiger partial charge in [0.15, 0.2) is 0 Å². The van der Waals surface area contributed by atoms with Gasteiger partial charge >= 0.3 is 0 Å². The zero-order valence-corrected chi connectivity index (χ0v) is 10.5. The van der Waals surface area contributed by atoms with Crippen LogP contribution < -0.4 is 0 Å². The number of nitrogens with zero attached hydrogens (tertiary/aromatic N) is 1. The summed E-state index contributed by atoms with van der Waals surface area (Å²) >= 11 is 6.01. The second-order valence-corrected chi connectivity index (χ2v) is 5.16. The average molecular weight is 244 g/mol. The molecule has 1 aliphatic rings. The van der Waals surface area contributed by atoms with E-state index in [1.807, 2.05) is 24.4 Å². The summed E-state index contributed by atoms with van der Waals surface area (Å²) in [5.41, 5.74) is 4.75. The van der Waals surface area contributed by atoms with Crippen molar-refractivity contribution in [3.63, 3.8) is 0 Å². The molecule has 86 valence electrons. The quantitative estimate of drug-likeness (QED) is 0.752. The van der Waals surface area contributed by atoms with Gasteiger partial charge in [0.2, 0.25) is 0 Å². The molecule has 0 spiro atoms. The van der Waals surface area contributed by atoms with Crippen LogP contribution in [0.5, 0.6) is 0 Å². The van der Waals surface area contributed by atoms with Crippen molar-refractivity contribution in [1.29, 1.82) is 0 Å². The molecule has 17 heavy (non-hydrogen) atoms. The van der Waals surface area contributed by atoms with Gasteiger partial charge in [-0.25, -0.2) is 0 Å². The van der Waals surface area contributed by atoms with Crippen molar-refractivity contribution in [2.45, 2.75) is 25.7 Å². The van der Waals surface area contributed by atoms with Crippen molar-refractivity contribution in [2.75, 3.05) is 0 Å². The van der Waals surface area contributed by atoms with Gasteiger partial charge in [0, 0.05) is 16.8 Å². The average Bonchev–Trinajstić information content (AvgIpc) is 3.12. The van der Waals surface area contributed by atoms with Gasteiger partial charge in [0.25, 0.3) is 0 Å². The molecular formula is C15H14ClN. The fourth-order valence-electron chi connectivity index (χ4n) is 2.17. The minimum Gasteiger partial charge on any atom is -0.256 e. The summed E-state index contributed by atoms with van der Waals surface area (Å²) in [6, 6.07) is 10.1. The minimum absolute atomic E-state index is 0.759. The van der Waals surface area contributed by atoms with E-state index in [0.29, 0.717) is 0 Å². The molecule has 1 saturated carbocycles. The molecule has 0 unspecified atom stereocenters. The zero-order valence-electron chi connectivity index (χ0n) is 9.78. The topological polar surface area (TPSA) is 12.9 Å². The maximum atomic E-state index is 6.01. The number of aryl methyl sites for hydroxylation is 1. The van der Waals surface area contributed by atoms with E-state index in [-0.39, 0.29) is 0 Å². The van der Waals surface area contributed by atoms with Crippen LogP contribution in [0.2, 0.25) is 5.02 Å². The molecule has 0 bridgehead atoms. The Labute approximate surface area is 106 Å². The first-order valence-electron chi connectivity index (χ1n) is 5.96. The number of benzene rings is 1. The predicted molar refractivity (Wildman–Crippen MR) is 71.4 cm³/mol. The summed E-state index contributed by atoms with van der Waals surface area (Å²) in [5.74, 6) is 0.759. The van der Waals surface area contributed by atoms with Crippen LogP contribution in [0.25, 0.3) is 11.3 Å². The largest absolute Gasteiger partial charge is 0.256 e. The molecule has 1 heterocycles. The van der Waals surface area contributed by atoms with Crippen molar-refractivity contribution in [3.05, 3.63) is 52.7 Å². The lowest BCUT2D eigenvalue weighted by Crippen LogP contribution is -1.91. The van der Waals surface area contributed by atoms with Crippen molar-refractivity contribution >= 4 is 11.6 Å². The van der Waals surface area contributed by atoms with E-state index < -0.39 is 0 Å². The third-order valence-corrected chi connectivity index (χ3v) is 3.48. The maximum absolute atomic E-state index is 6.01. The molecule has 0 atom stereocenters. The Kier molecular flexibility index (Phi) is 2.64. The van der Waals surface area contributed by atoms with Crippen molar-refractivity contribution < 1.29 is 0 Å². The van der Waals surface area contributed by atoms with Crippen LogP contribution in [0.4, 0.5) is 0 Å². The van der Waals surface area contributed by atoms with Crippen LogP contribution in [0.15, 0.2) is 36.5 Å². The summed E-state index contributed by atoms with van der Waals surface area (Å²) in [5, 5.41) is 0.759. The maximum Gasteiger partial charge on any atom is 0.0731 e. The van der Waals surface area contributed by atoms with Crippen LogP contribution in [-0.2, 0) is 0 Å². The van der Waals surface area contributed by atoms with Crippen molar-refractivity contribution in [3.8, 4) is 11.3 Å². The number of hydrogen-bond donors (Lipinski definition) is 0. The fourth-order valence-corrected chi connectivity index (χ4v) is 2.36. The van der Waals surface area contributed by atoms with E-state index in [4.69, 9.17) is 11.6 Å². The highest BCUT2D eigenvalue weighted by Crippen LogP contribution is 2.40. The molecule has 0 N–H and O–H groups in total. The third kappa shape index (κ3) is 2.20. The Morgan fingerprint density at radius 1 is 1.24 bits per heavy atom. The zero-order chi connectivity index (χ0) is 11.8. The Morgan fingerprint density at radius 3 is 2.71 bits per heavy atom. The van der Waals surface area contributed by atoms with Gasteiger partial charge in [-0.3, -0.25) is 4.98 Å². The van der Waals surface area contributed by atoms with E-state index in [1.54, 1.807) is 0 Å². The lowest BCUT2D eigenvalue weighted by molar-refractivity contribution is 1.08. The second-order valence-electron chi connectivity index (χ2n) is 4.72. The molecule has 2 aromatic rings. The van der Waals surface area contributed by atoms with E-state index >= 15 is 0 Å². The van der Waals surface area contributed by atoms with Crippen LogP contribution in [-0.4, -0.2) is 4.98 Å². The molecule has 1 nitrogen and oxygen atoms in total. The predicted octanol–water partition coefficient (Wildman–Crippen LogP) is 4.59. The summed E-state index contributed by atoms with van der Waals surface area (Å²) < 4.78 is 0. The molecule has 1 aromatic carbocycles. The Balaban J connectivity index is 2.02. The molecule has 3 rings (SSSR count). The van der Waals surface area contributed by atoms with E-state index in [0.717, 1.165) is 22.2 Å². The van der Waals surface area contributed by atoms with Gasteiger partial charge in [-0.1, -0.05) is 29.8 Å². The monoisotopic (exact) mass is 243 g/mol. The summed E-state index contributed by atoms with van der Waals surface area (Å²) in [4.78, 5) is 4.59. The van der Waals surface area contributed by atoms with Gasteiger partial charge < -0.3 is 0 Å². The van der Waals surface area contributed by atoms with E-state index in [9.17, 15) is 0 Å². The van der Waals surface area contributed by atoms with Crippen LogP contribution in [0.3, 0.4) is 0 Å². The van der Waals surface area contributed by atoms with Crippen LogP contribution in [0.1, 0.15) is 29.9 Å². The molecule has 0 saturated heterocycles. The Hall–Kier alpha value is -1.34. The number of pyridine rings is 1. The van der Waals surface area contributed by atoms with Gasteiger partial charge in [0.05, 0.1) is 5.69 Å². The first kappa shape index (κ1) is 10.8. The van der Waals surface area contributed by atoms with Crippen LogP contribution in [0, 0.1) is 6.92 Å². The van der Waals surface area contributed by atoms with Gasteiger partial charge in [-0.05, 0) is 48.9 Å². The number of hydrogen-bond acceptors (Lipinski definition) is 1. The molecule has 0 aliphatic heterocycles. The third-order valence-electron chi connectivity index (χ3n) is 3.25. The van der Waals surface area contributed by atoms with E-state index in [1.165, 1.54) is 24.0 Å². The number of rotatable bonds is 2. The lowest BCUT2D eigenvalue weighted by Gasteiger charge is -2.07. The van der Waals surface area contributed by atoms with Gasteiger partial charge in [0.1, 0.15) is 0 Å². The summed E-state index contributed by atoms with van der Waals surface area (Å²) in [6.45, 7) is 2.12. The molecule has 0 radical (unpaired) electrons. The molecule has 1 aliphatic carbocycles. The highest BCUT2D eigenvalue weighted by atomic mass is 35.5. The van der Waals surface area contributed by atoms with E-state index in [2.05, 4.69) is 24.0 Å². The highest BCUT2D eigenvalue weighted by molar-refractivity contribution is 6.30. The van der Waals surface area contributed by atoms with Gasteiger partial charge in [-0.15, -0.1) is 0 Å². The second kappa shape index (κ2) is 4.15. The van der Waals surface area contributed by atoms with Crippen molar-refractivity contribution in [1.82, 2.24) is 4.98 Å². The van der Waals surface area contributed by atoms with Crippen LogP contribution >= 0.6 is 11.6 Å². The minimum atomic E-state index is 0.759. The standard InChI is InChI=1S/C15H14ClN/c1-10-7-13(11-5-6-11)9-17-15(10)12-3-2-4-14(16)8-12/h2-4,7-9,11H,5-6H2,1H3. The molecule has 0 amide bonds. The smallest absolute Gasteiger partial charge is 0.0731 e. The molecule has 1 aromatic heterocycles. The highest BCUT2D eigenvalue weighted by Gasteiger charge is 2.24. The first-order chi connectivity index (χ1) is 8.24. The lowest BCUT2D eigenvalue weighted by atomic mass is 10.0. The normalized spacial score (nSPS) is 14.9. The molecule has 1 fully saturated rings. The number of halogens is 1. The first-order valence-corrected chi connectivity index (χ1v) is 6.34. The SMILES string of the molecule is Cc1cc(C2CC2)cnc1-c1cccc(Cl)c1. The van der Waals surface area contributed by atoms with Gasteiger partial charge in [-0.2, -0.15) is 0 Å². The number of aromatic nitrogens is 1. The Bertz CT molecular complexity index is 559. The summed E-state index contributed by atoms with van der Waals surface area (Å²) in [6.07, 6.45) is 4.65.